The molecule has 0 aliphatic carbocycles. The SMILES string of the molecule is COCCc1noc(CN2CCCC(C(C)(C)C)CC2)n1. The molecule has 21 heavy (non-hydrogen) atoms. The van der Waals surface area contributed by atoms with Crippen LogP contribution in [0.1, 0.15) is 51.7 Å². The molecule has 1 atom stereocenters. The Morgan fingerprint density at radius 3 is 2.81 bits per heavy atom. The smallest absolute Gasteiger partial charge is 0.240 e. The number of likely N-dealkylation sites (tertiary alicyclic amines) is 1. The Labute approximate surface area is 128 Å². The Kier molecular flexibility index (Phi) is 5.76. The van der Waals surface area contributed by atoms with E-state index in [1.165, 1.54) is 19.3 Å². The highest BCUT2D eigenvalue weighted by atomic mass is 16.5. The summed E-state index contributed by atoms with van der Waals surface area (Å²) in [6.45, 7) is 10.7. The first-order valence-electron chi connectivity index (χ1n) is 8.02. The van der Waals surface area contributed by atoms with E-state index in [2.05, 4.69) is 35.8 Å². The van der Waals surface area contributed by atoms with Crippen molar-refractivity contribution >= 4 is 0 Å². The Morgan fingerprint density at radius 2 is 2.10 bits per heavy atom. The summed E-state index contributed by atoms with van der Waals surface area (Å²) in [6.07, 6.45) is 4.55. The van der Waals surface area contributed by atoms with Crippen LogP contribution in [-0.4, -0.2) is 41.8 Å². The van der Waals surface area contributed by atoms with Crippen LogP contribution in [0, 0.1) is 11.3 Å². The van der Waals surface area contributed by atoms with Gasteiger partial charge in [0.15, 0.2) is 5.82 Å². The van der Waals surface area contributed by atoms with Gasteiger partial charge in [0.2, 0.25) is 5.89 Å². The highest BCUT2D eigenvalue weighted by Gasteiger charge is 2.27. The number of hydrogen-bond donors (Lipinski definition) is 0. The van der Waals surface area contributed by atoms with Crippen molar-refractivity contribution in [2.75, 3.05) is 26.8 Å². The second-order valence-electron chi connectivity index (χ2n) is 7.12. The molecule has 0 N–H and O–H groups in total. The van der Waals surface area contributed by atoms with Gasteiger partial charge in [-0.15, -0.1) is 0 Å². The molecule has 0 aromatic carbocycles. The summed E-state index contributed by atoms with van der Waals surface area (Å²) in [4.78, 5) is 6.88. The molecule has 0 spiro atoms. The zero-order chi connectivity index (χ0) is 15.3. The number of nitrogens with zero attached hydrogens (tertiary/aromatic N) is 3. The van der Waals surface area contributed by atoms with Crippen molar-refractivity contribution < 1.29 is 9.26 Å². The van der Waals surface area contributed by atoms with Crippen molar-refractivity contribution in [2.24, 2.45) is 11.3 Å². The van der Waals surface area contributed by atoms with Gasteiger partial charge in [-0.2, -0.15) is 4.98 Å². The van der Waals surface area contributed by atoms with E-state index in [9.17, 15) is 0 Å². The average molecular weight is 295 g/mol. The Morgan fingerprint density at radius 1 is 1.29 bits per heavy atom. The molecule has 1 aromatic heterocycles. The quantitative estimate of drug-likeness (QED) is 0.836. The van der Waals surface area contributed by atoms with Crippen molar-refractivity contribution in [2.45, 2.75) is 53.0 Å². The van der Waals surface area contributed by atoms with Crippen molar-refractivity contribution in [3.63, 3.8) is 0 Å². The van der Waals surface area contributed by atoms with Crippen LogP contribution in [0.25, 0.3) is 0 Å². The first kappa shape index (κ1) is 16.4. The predicted molar refractivity (Wildman–Crippen MR) is 82.0 cm³/mol. The lowest BCUT2D eigenvalue weighted by Gasteiger charge is -2.29. The summed E-state index contributed by atoms with van der Waals surface area (Å²) < 4.78 is 10.4. The number of ether oxygens (including phenoxy) is 1. The fourth-order valence-electron chi connectivity index (χ4n) is 3.02. The molecule has 0 radical (unpaired) electrons. The minimum Gasteiger partial charge on any atom is -0.384 e. The molecule has 5 heteroatoms. The molecule has 2 rings (SSSR count). The molecule has 120 valence electrons. The molecule has 2 heterocycles. The number of aromatic nitrogens is 2. The number of rotatable bonds is 5. The molecule has 1 unspecified atom stereocenters. The first-order valence-corrected chi connectivity index (χ1v) is 8.02. The molecule has 1 aliphatic rings. The molecule has 0 amide bonds. The van der Waals surface area contributed by atoms with Crippen LogP contribution >= 0.6 is 0 Å². The maximum Gasteiger partial charge on any atom is 0.240 e. The summed E-state index contributed by atoms with van der Waals surface area (Å²) >= 11 is 0. The minimum absolute atomic E-state index is 0.411. The largest absolute Gasteiger partial charge is 0.384 e. The maximum atomic E-state index is 5.34. The summed E-state index contributed by atoms with van der Waals surface area (Å²) in [7, 11) is 1.68. The number of hydrogen-bond acceptors (Lipinski definition) is 5. The van der Waals surface area contributed by atoms with E-state index < -0.39 is 0 Å². The zero-order valence-corrected chi connectivity index (χ0v) is 13.9. The van der Waals surface area contributed by atoms with E-state index >= 15 is 0 Å². The van der Waals surface area contributed by atoms with Crippen molar-refractivity contribution in [3.05, 3.63) is 11.7 Å². The maximum absolute atomic E-state index is 5.34. The lowest BCUT2D eigenvalue weighted by Crippen LogP contribution is -2.26. The fraction of sp³-hybridized carbons (Fsp3) is 0.875. The zero-order valence-electron chi connectivity index (χ0n) is 13.9. The predicted octanol–water partition coefficient (Wildman–Crippen LogP) is 2.91. The highest BCUT2D eigenvalue weighted by Crippen LogP contribution is 2.34. The minimum atomic E-state index is 0.411. The molecule has 1 saturated heterocycles. The van der Waals surface area contributed by atoms with Gasteiger partial charge in [0.1, 0.15) is 0 Å². The molecular weight excluding hydrogens is 266 g/mol. The van der Waals surface area contributed by atoms with E-state index in [1.54, 1.807) is 7.11 Å². The van der Waals surface area contributed by atoms with Gasteiger partial charge >= 0.3 is 0 Å². The third-order valence-corrected chi connectivity index (χ3v) is 4.44. The van der Waals surface area contributed by atoms with Gasteiger partial charge < -0.3 is 9.26 Å². The van der Waals surface area contributed by atoms with Crippen molar-refractivity contribution in [1.82, 2.24) is 15.0 Å². The van der Waals surface area contributed by atoms with Crippen molar-refractivity contribution in [1.29, 1.82) is 0 Å². The van der Waals surface area contributed by atoms with E-state index in [0.717, 1.165) is 37.3 Å². The molecule has 0 bridgehead atoms. The summed E-state index contributed by atoms with van der Waals surface area (Å²) in [6, 6.07) is 0. The standard InChI is InChI=1S/C16H29N3O2/c1-16(2,3)13-6-5-9-19(10-7-13)12-15-17-14(18-21-15)8-11-20-4/h13H,5-12H2,1-4H3. The summed E-state index contributed by atoms with van der Waals surface area (Å²) in [5.74, 6) is 2.28. The molecule has 1 aliphatic heterocycles. The summed E-state index contributed by atoms with van der Waals surface area (Å²) in [5.41, 5.74) is 0.411. The molecule has 5 nitrogen and oxygen atoms in total. The Hall–Kier alpha value is -0.940. The third kappa shape index (κ3) is 5.08. The Bertz CT molecular complexity index is 425. The van der Waals surface area contributed by atoms with E-state index in [1.807, 2.05) is 0 Å². The lowest BCUT2D eigenvalue weighted by molar-refractivity contribution is 0.197. The topological polar surface area (TPSA) is 51.4 Å². The van der Waals surface area contributed by atoms with Gasteiger partial charge in [0.05, 0.1) is 13.2 Å². The van der Waals surface area contributed by atoms with Gasteiger partial charge in [-0.3, -0.25) is 4.90 Å². The average Bonchev–Trinajstić information content (AvgIpc) is 2.71. The second kappa shape index (κ2) is 7.36. The van der Waals surface area contributed by atoms with Gasteiger partial charge in [-0.1, -0.05) is 25.9 Å². The number of methoxy groups -OCH3 is 1. The fourth-order valence-corrected chi connectivity index (χ4v) is 3.02. The molecular formula is C16H29N3O2. The third-order valence-electron chi connectivity index (χ3n) is 4.44. The van der Waals surface area contributed by atoms with E-state index in [0.29, 0.717) is 18.4 Å². The van der Waals surface area contributed by atoms with Gasteiger partial charge in [0.25, 0.3) is 0 Å². The van der Waals surface area contributed by atoms with Crippen LogP contribution in [0.4, 0.5) is 0 Å². The lowest BCUT2D eigenvalue weighted by atomic mass is 9.77. The highest BCUT2D eigenvalue weighted by molar-refractivity contribution is 4.87. The van der Waals surface area contributed by atoms with Crippen LogP contribution < -0.4 is 0 Å². The summed E-state index contributed by atoms with van der Waals surface area (Å²) in [5, 5.41) is 4.00. The molecule has 1 aromatic rings. The normalized spacial score (nSPS) is 21.4. The van der Waals surface area contributed by atoms with Crippen LogP contribution in [0.5, 0.6) is 0 Å². The van der Waals surface area contributed by atoms with Crippen LogP contribution in [0.3, 0.4) is 0 Å². The van der Waals surface area contributed by atoms with Crippen LogP contribution in [-0.2, 0) is 17.7 Å². The monoisotopic (exact) mass is 295 g/mol. The van der Waals surface area contributed by atoms with E-state index in [-0.39, 0.29) is 0 Å². The molecule has 1 fully saturated rings. The second-order valence-corrected chi connectivity index (χ2v) is 7.12. The van der Waals surface area contributed by atoms with Crippen LogP contribution in [0.2, 0.25) is 0 Å². The van der Waals surface area contributed by atoms with Gasteiger partial charge in [-0.05, 0) is 43.7 Å². The van der Waals surface area contributed by atoms with Crippen molar-refractivity contribution in [3.8, 4) is 0 Å². The van der Waals surface area contributed by atoms with E-state index in [4.69, 9.17) is 9.26 Å². The first-order chi connectivity index (χ1) is 9.99. The molecule has 0 saturated carbocycles. The van der Waals surface area contributed by atoms with Crippen LogP contribution in [0.15, 0.2) is 4.52 Å². The van der Waals surface area contributed by atoms with Gasteiger partial charge in [0, 0.05) is 13.5 Å². The Balaban J connectivity index is 1.84. The van der Waals surface area contributed by atoms with Gasteiger partial charge in [-0.25, -0.2) is 0 Å².